The van der Waals surface area contributed by atoms with E-state index in [1.165, 1.54) is 180 Å². The highest BCUT2D eigenvalue weighted by atomic mass is 79.9. The average molecular weight is 1780 g/mol. The molecule has 4 aliphatic heterocycles. The summed E-state index contributed by atoms with van der Waals surface area (Å²) in [6.45, 7) is 18.7. The highest BCUT2D eigenvalue weighted by Gasteiger charge is 2.43. The van der Waals surface area contributed by atoms with Gasteiger partial charge >= 0.3 is 0 Å². The lowest BCUT2D eigenvalue weighted by Gasteiger charge is -2.43. The molecule has 0 aromatic heterocycles. The van der Waals surface area contributed by atoms with Crippen LogP contribution in [0.1, 0.15) is 113 Å². The fourth-order valence-electron chi connectivity index (χ4n) is 19.7. The van der Waals surface area contributed by atoms with E-state index in [0.29, 0.717) is 0 Å². The van der Waals surface area contributed by atoms with Crippen LogP contribution in [0.5, 0.6) is 0 Å². The lowest BCUT2D eigenvalue weighted by atomic mass is 9.69. The van der Waals surface area contributed by atoms with Crippen molar-refractivity contribution in [1.29, 1.82) is 0 Å². The molecule has 0 fully saturated rings. The number of hydrogen-bond donors (Lipinski definition) is 0. The summed E-state index contributed by atoms with van der Waals surface area (Å²) in [6.07, 6.45) is 2.09. The van der Waals surface area contributed by atoms with E-state index in [1.807, 2.05) is 0 Å². The van der Waals surface area contributed by atoms with Gasteiger partial charge in [0.05, 0.1) is 45.5 Å². The van der Waals surface area contributed by atoms with E-state index in [0.717, 1.165) is 21.8 Å². The predicted octanol–water partition coefficient (Wildman–Crippen LogP) is 35.5. The van der Waals surface area contributed by atoms with Crippen molar-refractivity contribution in [3.8, 4) is 66.8 Å². The lowest BCUT2D eigenvalue weighted by molar-refractivity contribution is 0.544. The lowest BCUT2D eigenvalue weighted by Crippen LogP contribution is -2.32. The van der Waals surface area contributed by atoms with Crippen LogP contribution in [0.25, 0.3) is 66.8 Å². The smallest absolute Gasteiger partial charge is 0.0503 e. The van der Waals surface area contributed by atoms with Crippen LogP contribution < -0.4 is 19.6 Å². The summed E-state index contributed by atoms with van der Waals surface area (Å²) >= 11 is 7.38. The van der Waals surface area contributed by atoms with Crippen molar-refractivity contribution in [2.75, 3.05) is 19.6 Å². The van der Waals surface area contributed by atoms with Gasteiger partial charge in [-0.3, -0.25) is 0 Å². The topological polar surface area (TPSA) is 13.0 Å². The molecule has 6 heteroatoms. The van der Waals surface area contributed by atoms with Crippen molar-refractivity contribution in [1.82, 2.24) is 0 Å². The third kappa shape index (κ3) is 15.8. The Balaban J connectivity index is 0.000000111. The largest absolute Gasteiger partial charge is 0.310 e. The minimum Gasteiger partial charge on any atom is -0.310 e. The van der Waals surface area contributed by atoms with Crippen molar-refractivity contribution >= 4 is 100 Å². The molecule has 0 N–H and O–H groups in total. The molecule has 22 rings (SSSR count). The number of fused-ring (bicyclic) bond motifs is 8. The summed E-state index contributed by atoms with van der Waals surface area (Å²) in [7, 11) is 0. The molecule has 0 aliphatic carbocycles. The van der Waals surface area contributed by atoms with Crippen LogP contribution in [-0.4, -0.2) is 0 Å². The molecule has 624 valence electrons. The van der Waals surface area contributed by atoms with Crippen LogP contribution in [0.15, 0.2) is 458 Å². The molecule has 128 heavy (non-hydrogen) atoms. The van der Waals surface area contributed by atoms with Crippen LogP contribution in [0.2, 0.25) is 0 Å². The Morgan fingerprint density at radius 2 is 0.359 bits per heavy atom. The quantitative estimate of drug-likeness (QED) is 0.121. The van der Waals surface area contributed by atoms with Crippen molar-refractivity contribution in [2.45, 2.75) is 89.9 Å². The summed E-state index contributed by atoms with van der Waals surface area (Å²) < 4.78 is 2.24. The molecule has 0 bridgehead atoms. The first kappa shape index (κ1) is 83.7. The van der Waals surface area contributed by atoms with Gasteiger partial charge in [-0.2, -0.15) is 0 Å². The highest BCUT2D eigenvalue weighted by molar-refractivity contribution is 9.10. The first-order valence-electron chi connectivity index (χ1n) is 44.7. The van der Waals surface area contributed by atoms with Gasteiger partial charge in [-0.1, -0.05) is 403 Å². The molecule has 0 radical (unpaired) electrons. The van der Waals surface area contributed by atoms with Crippen LogP contribution in [0.4, 0.5) is 68.2 Å². The van der Waals surface area contributed by atoms with Gasteiger partial charge < -0.3 is 19.6 Å². The summed E-state index contributed by atoms with van der Waals surface area (Å²) in [5.41, 5.74) is 40.3. The Hall–Kier alpha value is -13.9. The van der Waals surface area contributed by atoms with Crippen LogP contribution >= 0.6 is 31.9 Å². The van der Waals surface area contributed by atoms with Crippen molar-refractivity contribution in [3.63, 3.8) is 0 Å². The van der Waals surface area contributed by atoms with Gasteiger partial charge in [0.2, 0.25) is 0 Å². The van der Waals surface area contributed by atoms with Gasteiger partial charge in [0.15, 0.2) is 0 Å². The van der Waals surface area contributed by atoms with E-state index in [2.05, 4.69) is 556 Å². The maximum Gasteiger partial charge on any atom is 0.0503 e. The van der Waals surface area contributed by atoms with Crippen molar-refractivity contribution in [2.24, 2.45) is 0 Å². The van der Waals surface area contributed by atoms with E-state index in [1.54, 1.807) is 0 Å². The van der Waals surface area contributed by atoms with Gasteiger partial charge in [0.25, 0.3) is 0 Å². The molecule has 18 aromatic rings. The van der Waals surface area contributed by atoms with Gasteiger partial charge in [0.1, 0.15) is 0 Å². The Kier molecular flexibility index (Phi) is 23.2. The van der Waals surface area contributed by atoms with Crippen molar-refractivity contribution < 1.29 is 0 Å². The second-order valence-corrected chi connectivity index (χ2v) is 37.0. The average Bonchev–Trinajstić information content (AvgIpc) is 0.791. The van der Waals surface area contributed by atoms with E-state index < -0.39 is 0 Å². The van der Waals surface area contributed by atoms with E-state index in [9.17, 15) is 0 Å². The third-order valence-electron chi connectivity index (χ3n) is 27.1. The number of benzene rings is 18. The third-order valence-corrected chi connectivity index (χ3v) is 28.1. The van der Waals surface area contributed by atoms with Crippen LogP contribution in [-0.2, 0) is 21.7 Å². The number of hydrogen-bond acceptors (Lipinski definition) is 4. The van der Waals surface area contributed by atoms with Gasteiger partial charge in [-0.15, -0.1) is 0 Å². The molecule has 4 aliphatic rings. The monoisotopic (exact) mass is 1780 g/mol. The van der Waals surface area contributed by atoms with E-state index >= 15 is 0 Å². The highest BCUT2D eigenvalue weighted by Crippen LogP contribution is 2.59. The molecule has 0 saturated heterocycles. The Morgan fingerprint density at radius 3 is 0.648 bits per heavy atom. The molecular weight excluding hydrogens is 1680 g/mol. The predicted molar refractivity (Wildman–Crippen MR) is 550 cm³/mol. The molecule has 4 nitrogen and oxygen atoms in total. The Labute approximate surface area is 772 Å². The summed E-state index contributed by atoms with van der Waals surface area (Å²) in [4.78, 5) is 9.64. The number of halogens is 2. The fourth-order valence-corrected chi connectivity index (χ4v) is 20.5. The maximum absolute atomic E-state index is 3.70. The van der Waals surface area contributed by atoms with Crippen molar-refractivity contribution in [3.05, 3.63) is 502 Å². The number of para-hydroxylation sites is 4. The van der Waals surface area contributed by atoms with Crippen LogP contribution in [0, 0.1) is 0 Å². The van der Waals surface area contributed by atoms with Gasteiger partial charge in [-0.05, 0) is 258 Å². The molecule has 0 saturated carbocycles. The standard InChI is InChI=1S/C34H29N.C33H27N.C28H24BrN.C27H22BrN/c1-3-34(2)30-16-10-11-17-32(30)35(29-21-18-27(19-22-29)25-12-6-4-7-13-25)33-23-20-28(24-31(33)34)26-14-8-5-9-15-26;1-33(2)29-15-9-10-16-31(29)34(28-20-17-26(18-21-28)24-11-5-3-6-12-24)32-22-19-27(23-30(32)33)25-13-7-4-8-14-25;1-3-28(2)24-11-7-8-12-26(24)30(27-18-15-22(29)19-25(27)28)23-16-13-21(14-17-23)20-9-5-4-6-10-20;1-27(2)23-10-6-7-11-25(23)29(26-17-14-21(28)18-24(26)27)22-15-12-20(13-16-22)19-8-4-3-5-9-19/h4-24H,3H2,1-2H3;3-23H,1-2H3;4-19H,3H2,1-2H3;3-18H,1-2H3. The fraction of sp³-hybridized carbons (Fsp3) is 0.115. The second kappa shape index (κ2) is 35.5. The Morgan fingerprint density at radius 1 is 0.172 bits per heavy atom. The van der Waals surface area contributed by atoms with E-state index in [-0.39, 0.29) is 21.7 Å². The normalized spacial score (nSPS) is 15.5. The number of anilines is 12. The summed E-state index contributed by atoms with van der Waals surface area (Å²) in [6, 6.07) is 162. The minimum absolute atomic E-state index is 0.0177. The van der Waals surface area contributed by atoms with E-state index in [4.69, 9.17) is 0 Å². The molecular formula is C122H102Br2N4. The Bertz CT molecular complexity index is 6980. The first-order chi connectivity index (χ1) is 62.5. The number of rotatable bonds is 12. The second-order valence-electron chi connectivity index (χ2n) is 35.2. The van der Waals surface area contributed by atoms with Gasteiger partial charge in [-0.25, -0.2) is 0 Å². The molecule has 0 spiro atoms. The summed E-state index contributed by atoms with van der Waals surface area (Å²) in [5, 5.41) is 0. The molecule has 2 unspecified atom stereocenters. The zero-order valence-electron chi connectivity index (χ0n) is 73.7. The molecule has 4 heterocycles. The first-order valence-corrected chi connectivity index (χ1v) is 46.3. The summed E-state index contributed by atoms with van der Waals surface area (Å²) in [5.74, 6) is 0. The molecule has 0 amide bonds. The molecule has 18 aromatic carbocycles. The minimum atomic E-state index is -0.100. The molecule has 2 atom stereocenters. The number of nitrogens with zero attached hydrogens (tertiary/aromatic N) is 4. The zero-order valence-corrected chi connectivity index (χ0v) is 76.9. The zero-order chi connectivity index (χ0) is 87.7. The van der Waals surface area contributed by atoms with Crippen LogP contribution in [0.3, 0.4) is 0 Å². The SMILES string of the molecule is CC1(C)c2ccccc2N(c2ccc(-c3ccccc3)cc2)c2ccc(-c3ccccc3)cc21.CC1(C)c2ccccc2N(c2ccc(-c3ccccc3)cc2)c2ccc(Br)cc21.CCC1(C)c2ccccc2N(c2ccc(-c3ccccc3)cc2)c2ccc(-c3ccccc3)cc21.CCC1(C)c2ccccc2N(c2ccc(-c3ccccc3)cc2)c2ccc(Br)cc21. The van der Waals surface area contributed by atoms with Gasteiger partial charge in [0, 0.05) is 53.4 Å². The maximum atomic E-state index is 3.70.